The molecule has 0 radical (unpaired) electrons. The molecular weight excluding hydrogens is 645 g/mol. The molecule has 2 aliphatic rings. The van der Waals surface area contributed by atoms with Crippen LogP contribution >= 0.6 is 22.7 Å². The molecule has 0 aliphatic carbocycles. The number of nitrogens with one attached hydrogen (secondary N) is 2. The highest BCUT2D eigenvalue weighted by Crippen LogP contribution is 2.37. The van der Waals surface area contributed by atoms with Gasteiger partial charge < -0.3 is 31.1 Å². The van der Waals surface area contributed by atoms with E-state index in [-0.39, 0.29) is 30.6 Å². The second kappa shape index (κ2) is 13.1. The zero-order valence-electron chi connectivity index (χ0n) is 25.5. The molecule has 2 aromatic heterocycles. The van der Waals surface area contributed by atoms with E-state index in [1.54, 1.807) is 6.07 Å². The van der Waals surface area contributed by atoms with Crippen molar-refractivity contribution in [1.29, 1.82) is 0 Å². The summed E-state index contributed by atoms with van der Waals surface area (Å²) < 4.78 is 0. The number of fused-ring (bicyclic) bond motifs is 2. The first-order valence-corrected chi connectivity index (χ1v) is 16.8. The molecule has 2 aliphatic heterocycles. The summed E-state index contributed by atoms with van der Waals surface area (Å²) >= 11 is 3.03. The first-order chi connectivity index (χ1) is 23.3. The van der Waals surface area contributed by atoms with E-state index in [4.69, 9.17) is 4.98 Å². The lowest BCUT2D eigenvalue weighted by atomic mass is 10.0. The van der Waals surface area contributed by atoms with Gasteiger partial charge in [0.25, 0.3) is 0 Å². The van der Waals surface area contributed by atoms with Crippen molar-refractivity contribution in [3.63, 3.8) is 0 Å². The average Bonchev–Trinajstić information content (AvgIpc) is 3.91. The molecule has 4 aromatic carbocycles. The van der Waals surface area contributed by atoms with Crippen molar-refractivity contribution in [2.75, 3.05) is 10.6 Å². The summed E-state index contributed by atoms with van der Waals surface area (Å²) in [5, 5.41) is 49.5. The van der Waals surface area contributed by atoms with Crippen molar-refractivity contribution in [2.45, 2.75) is 26.1 Å². The number of aromatic hydroxyl groups is 2. The number of hydrogen-bond acceptors (Lipinski definition) is 10. The van der Waals surface area contributed by atoms with Gasteiger partial charge in [-0.3, -0.25) is 4.79 Å². The molecule has 0 unspecified atom stereocenters. The predicted molar refractivity (Wildman–Crippen MR) is 190 cm³/mol. The summed E-state index contributed by atoms with van der Waals surface area (Å²) in [4.78, 5) is 20.8. The highest BCUT2D eigenvalue weighted by Gasteiger charge is 2.19. The number of phenolic OH excluding ortho intramolecular Hbond substituents is 2. The van der Waals surface area contributed by atoms with E-state index in [0.29, 0.717) is 12.0 Å². The lowest BCUT2D eigenvalue weighted by molar-refractivity contribution is -0.115. The highest BCUT2D eigenvalue weighted by molar-refractivity contribution is 7.13. The molecule has 1 amide bonds. The van der Waals surface area contributed by atoms with Crippen LogP contribution in [0.1, 0.15) is 22.3 Å². The first-order valence-electron chi connectivity index (χ1n) is 15.1. The summed E-state index contributed by atoms with van der Waals surface area (Å²) in [6, 6.07) is 22.4. The first kappa shape index (κ1) is 31.3. The zero-order valence-corrected chi connectivity index (χ0v) is 27.2. The lowest BCUT2D eigenvalue weighted by Gasteiger charge is -2.06. The van der Waals surface area contributed by atoms with Crippen molar-refractivity contribution < 1.29 is 25.2 Å². The van der Waals surface area contributed by atoms with Crippen molar-refractivity contribution in [1.82, 2.24) is 9.97 Å². The molecule has 48 heavy (non-hydrogen) atoms. The monoisotopic (exact) mass is 674 g/mol. The summed E-state index contributed by atoms with van der Waals surface area (Å²) in [5.41, 5.74) is 12.1. The topological polar surface area (TPSA) is 148 Å². The van der Waals surface area contributed by atoms with Crippen LogP contribution in [0.25, 0.3) is 43.7 Å². The minimum absolute atomic E-state index is 0.0200. The summed E-state index contributed by atoms with van der Waals surface area (Å²) in [6.45, 7) is 3.75. The van der Waals surface area contributed by atoms with Crippen molar-refractivity contribution >= 4 is 40.0 Å². The molecule has 0 saturated heterocycles. The number of hydrogen-bond donors (Lipinski definition) is 6. The minimum atomic E-state index is -0.138. The number of aromatic nitrogens is 2. The van der Waals surface area contributed by atoms with Gasteiger partial charge in [0.15, 0.2) is 11.5 Å². The van der Waals surface area contributed by atoms with Gasteiger partial charge in [0.1, 0.15) is 10.0 Å². The number of thiazole rings is 2. The van der Waals surface area contributed by atoms with E-state index in [0.717, 1.165) is 78.3 Å². The molecule has 0 fully saturated rings. The van der Waals surface area contributed by atoms with E-state index in [1.807, 2.05) is 59.3 Å². The molecule has 0 bridgehead atoms. The van der Waals surface area contributed by atoms with Crippen molar-refractivity contribution in [3.05, 3.63) is 118 Å². The van der Waals surface area contributed by atoms with Crippen LogP contribution in [-0.2, 0) is 30.8 Å². The third kappa shape index (κ3) is 6.32. The number of aliphatic hydroxyl groups excluding tert-OH is 2. The van der Waals surface area contributed by atoms with E-state index in [1.165, 1.54) is 40.4 Å². The van der Waals surface area contributed by atoms with Crippen LogP contribution in [0.3, 0.4) is 0 Å². The fourth-order valence-electron chi connectivity index (χ4n) is 5.67. The molecule has 11 heteroatoms. The number of anilines is 2. The van der Waals surface area contributed by atoms with Crippen LogP contribution in [0.5, 0.6) is 11.5 Å². The second-order valence-electron chi connectivity index (χ2n) is 11.5. The van der Waals surface area contributed by atoms with Crippen LogP contribution in [-0.4, -0.2) is 36.3 Å². The van der Waals surface area contributed by atoms with Gasteiger partial charge in [0, 0.05) is 56.5 Å². The van der Waals surface area contributed by atoms with Gasteiger partial charge in [-0.1, -0.05) is 30.8 Å². The number of phenols is 2. The fourth-order valence-corrected chi connectivity index (χ4v) is 7.32. The van der Waals surface area contributed by atoms with Gasteiger partial charge in [-0.05, 0) is 70.8 Å². The summed E-state index contributed by atoms with van der Waals surface area (Å²) in [5.74, 6) is -0.245. The average molecular weight is 675 g/mol. The van der Waals surface area contributed by atoms with Crippen molar-refractivity contribution in [3.8, 4) is 55.2 Å². The number of benzene rings is 4. The highest BCUT2D eigenvalue weighted by atomic mass is 32.1. The molecule has 240 valence electrons. The Hall–Kier alpha value is -5.33. The Morgan fingerprint density at radius 2 is 1.21 bits per heavy atom. The predicted octanol–water partition coefficient (Wildman–Crippen LogP) is 7.33. The van der Waals surface area contributed by atoms with Gasteiger partial charge in [-0.25, -0.2) is 9.97 Å². The Labute approximate surface area is 284 Å². The van der Waals surface area contributed by atoms with Crippen LogP contribution in [0, 0.1) is 0 Å². The molecule has 6 aromatic rings. The molecule has 9 nitrogen and oxygen atoms in total. The van der Waals surface area contributed by atoms with Crippen LogP contribution in [0.15, 0.2) is 95.8 Å². The smallest absolute Gasteiger partial charge is 0.228 e. The molecule has 6 N–H and O–H groups in total. The quantitative estimate of drug-likeness (QED) is 0.101. The Bertz CT molecular complexity index is 2210. The van der Waals surface area contributed by atoms with Gasteiger partial charge in [-0.15, -0.1) is 22.7 Å². The van der Waals surface area contributed by atoms with E-state index in [2.05, 4.69) is 28.3 Å². The minimum Gasteiger partial charge on any atom is -0.504 e. The van der Waals surface area contributed by atoms with Crippen LogP contribution in [0.2, 0.25) is 0 Å². The third-order valence-electron chi connectivity index (χ3n) is 8.17. The second-order valence-corrected chi connectivity index (χ2v) is 13.2. The maximum atomic E-state index is 11.5. The molecule has 8 rings (SSSR count). The number of rotatable bonds is 6. The Morgan fingerprint density at radius 1 is 0.646 bits per heavy atom. The number of carbonyl (C=O) groups is 1. The van der Waals surface area contributed by atoms with Crippen LogP contribution in [0.4, 0.5) is 11.4 Å². The number of aliphatic hydroxyl groups is 2. The molecule has 0 spiro atoms. The SMILES string of the molecule is C=C1Cc2cc(-c3csc(-c4ccc(O)c(O)c4)n3)ccc2N1.O=C1Cc2cc(-c3csc(-c4ccc(CO)c(CO)c4)n3)ccc2N1. The summed E-state index contributed by atoms with van der Waals surface area (Å²) in [7, 11) is 0. The largest absolute Gasteiger partial charge is 0.504 e. The molecule has 0 atom stereocenters. The summed E-state index contributed by atoms with van der Waals surface area (Å²) in [6.07, 6.45) is 1.24. The molecule has 4 heterocycles. The number of carbonyl (C=O) groups excluding carboxylic acids is 1. The normalized spacial score (nSPS) is 13.0. The third-order valence-corrected chi connectivity index (χ3v) is 9.95. The van der Waals surface area contributed by atoms with Gasteiger partial charge in [-0.2, -0.15) is 0 Å². The van der Waals surface area contributed by atoms with Gasteiger partial charge in [0.2, 0.25) is 5.91 Å². The standard InChI is InChI=1S/C19H16N2O3S.C18H14N2O2S/c22-8-13-2-1-12(6-15(13)9-23)19-21-17(10-25-19)11-3-4-16-14(5-11)7-18(24)20-16;1-10-6-13-7-11(2-4-14(13)19-10)15-9-23-18(20-15)12-3-5-16(21)17(22)8-12/h1-6,10,22-23H,7-9H2,(H,20,24);2-5,7-9,19,21-22H,1,6H2. The van der Waals surface area contributed by atoms with Crippen molar-refractivity contribution in [2.24, 2.45) is 0 Å². The Morgan fingerprint density at radius 3 is 1.83 bits per heavy atom. The molecule has 0 saturated carbocycles. The number of nitrogens with zero attached hydrogens (tertiary/aromatic N) is 2. The van der Waals surface area contributed by atoms with Gasteiger partial charge >= 0.3 is 0 Å². The fraction of sp³-hybridized carbons (Fsp3) is 0.108. The van der Waals surface area contributed by atoms with Crippen LogP contribution < -0.4 is 10.6 Å². The lowest BCUT2D eigenvalue weighted by Crippen LogP contribution is -2.03. The van der Waals surface area contributed by atoms with E-state index < -0.39 is 0 Å². The van der Waals surface area contributed by atoms with E-state index >= 15 is 0 Å². The zero-order chi connectivity index (χ0) is 33.4. The number of amides is 1. The number of allylic oxidation sites excluding steroid dienone is 1. The van der Waals surface area contributed by atoms with Gasteiger partial charge in [0.05, 0.1) is 31.0 Å². The maximum absolute atomic E-state index is 11.5. The maximum Gasteiger partial charge on any atom is 0.228 e. The van der Waals surface area contributed by atoms with E-state index in [9.17, 15) is 25.2 Å². The molecular formula is C37H30N4O5S2. The Kier molecular flexibility index (Phi) is 8.50. The Balaban J connectivity index is 0.000000152.